The molecule has 7 heteroatoms. The van der Waals surface area contributed by atoms with Gasteiger partial charge in [0.05, 0.1) is 22.8 Å². The van der Waals surface area contributed by atoms with Gasteiger partial charge in [0.15, 0.2) is 0 Å². The van der Waals surface area contributed by atoms with Crippen molar-refractivity contribution < 1.29 is 9.59 Å². The second kappa shape index (κ2) is 6.78. The lowest BCUT2D eigenvalue weighted by Gasteiger charge is -2.31. The molecule has 1 fully saturated rings. The SMILES string of the molecule is NC(=O)CN1CCC(NC(=O)c2cccc(Cl)c2N)CC1. The number of nitrogens with one attached hydrogen (secondary N) is 1. The summed E-state index contributed by atoms with van der Waals surface area (Å²) in [5.74, 6) is -0.549. The van der Waals surface area contributed by atoms with Crippen molar-refractivity contribution in [3.05, 3.63) is 28.8 Å². The third kappa shape index (κ3) is 4.09. The number of nitrogen functional groups attached to an aromatic ring is 1. The maximum atomic E-state index is 12.2. The quantitative estimate of drug-likeness (QED) is 0.709. The fraction of sp³-hybridized carbons (Fsp3) is 0.429. The number of hydrogen-bond acceptors (Lipinski definition) is 4. The van der Waals surface area contributed by atoms with Crippen molar-refractivity contribution >= 4 is 29.1 Å². The molecule has 1 aliphatic heterocycles. The third-order valence-corrected chi connectivity index (χ3v) is 3.93. The summed E-state index contributed by atoms with van der Waals surface area (Å²) in [6.07, 6.45) is 1.55. The first-order chi connectivity index (χ1) is 9.97. The van der Waals surface area contributed by atoms with Gasteiger partial charge in [-0.1, -0.05) is 17.7 Å². The zero-order valence-electron chi connectivity index (χ0n) is 11.6. The van der Waals surface area contributed by atoms with Gasteiger partial charge in [-0.05, 0) is 25.0 Å². The van der Waals surface area contributed by atoms with E-state index in [9.17, 15) is 9.59 Å². The van der Waals surface area contributed by atoms with Gasteiger partial charge < -0.3 is 16.8 Å². The summed E-state index contributed by atoms with van der Waals surface area (Å²) < 4.78 is 0. The molecule has 114 valence electrons. The molecule has 1 aromatic rings. The van der Waals surface area contributed by atoms with Gasteiger partial charge in [-0.25, -0.2) is 0 Å². The van der Waals surface area contributed by atoms with Crippen LogP contribution in [0.4, 0.5) is 5.69 Å². The minimum atomic E-state index is -0.329. The Morgan fingerprint density at radius 2 is 2.00 bits per heavy atom. The Kier molecular flexibility index (Phi) is 5.03. The van der Waals surface area contributed by atoms with Crippen molar-refractivity contribution in [1.82, 2.24) is 10.2 Å². The van der Waals surface area contributed by atoms with Crippen LogP contribution in [0.5, 0.6) is 0 Å². The van der Waals surface area contributed by atoms with Crippen LogP contribution in [0.15, 0.2) is 18.2 Å². The summed E-state index contributed by atoms with van der Waals surface area (Å²) in [4.78, 5) is 25.1. The second-order valence-corrected chi connectivity index (χ2v) is 5.60. The summed E-state index contributed by atoms with van der Waals surface area (Å²) in [6, 6.07) is 5.07. The molecule has 0 radical (unpaired) electrons. The second-order valence-electron chi connectivity index (χ2n) is 5.19. The molecule has 5 N–H and O–H groups in total. The van der Waals surface area contributed by atoms with E-state index in [1.165, 1.54) is 0 Å². The molecule has 1 saturated heterocycles. The largest absolute Gasteiger partial charge is 0.397 e. The number of rotatable bonds is 4. The van der Waals surface area contributed by atoms with Gasteiger partial charge in [-0.15, -0.1) is 0 Å². The Morgan fingerprint density at radius 3 is 2.62 bits per heavy atom. The number of carbonyl (C=O) groups is 2. The molecule has 0 saturated carbocycles. The molecule has 6 nitrogen and oxygen atoms in total. The van der Waals surface area contributed by atoms with Crippen LogP contribution in [-0.2, 0) is 4.79 Å². The van der Waals surface area contributed by atoms with E-state index in [0.717, 1.165) is 25.9 Å². The summed E-state index contributed by atoms with van der Waals surface area (Å²) >= 11 is 5.91. The lowest BCUT2D eigenvalue weighted by Crippen LogP contribution is -2.46. The number of benzene rings is 1. The number of para-hydroxylation sites is 1. The molecular formula is C14H19ClN4O2. The van der Waals surface area contributed by atoms with Crippen LogP contribution in [0.2, 0.25) is 5.02 Å². The number of amides is 2. The monoisotopic (exact) mass is 310 g/mol. The highest BCUT2D eigenvalue weighted by molar-refractivity contribution is 6.33. The molecule has 1 aliphatic rings. The van der Waals surface area contributed by atoms with E-state index in [0.29, 0.717) is 16.3 Å². The van der Waals surface area contributed by atoms with Crippen LogP contribution in [0.3, 0.4) is 0 Å². The number of primary amides is 1. The first-order valence-electron chi connectivity index (χ1n) is 6.83. The number of anilines is 1. The molecule has 0 atom stereocenters. The molecule has 0 unspecified atom stereocenters. The van der Waals surface area contributed by atoms with E-state index < -0.39 is 0 Å². The van der Waals surface area contributed by atoms with Crippen LogP contribution in [0.1, 0.15) is 23.2 Å². The fourth-order valence-corrected chi connectivity index (χ4v) is 2.63. The third-order valence-electron chi connectivity index (χ3n) is 3.60. The van der Waals surface area contributed by atoms with Gasteiger partial charge in [-0.3, -0.25) is 14.5 Å². The fourth-order valence-electron chi connectivity index (χ4n) is 2.45. The number of piperidine rings is 1. The maximum absolute atomic E-state index is 12.2. The zero-order chi connectivity index (χ0) is 15.4. The molecule has 0 spiro atoms. The van der Waals surface area contributed by atoms with Gasteiger partial charge >= 0.3 is 0 Å². The van der Waals surface area contributed by atoms with Crippen molar-refractivity contribution in [2.45, 2.75) is 18.9 Å². The molecular weight excluding hydrogens is 292 g/mol. The molecule has 2 rings (SSSR count). The van der Waals surface area contributed by atoms with Crippen LogP contribution in [0, 0.1) is 0 Å². The summed E-state index contributed by atoms with van der Waals surface area (Å²) in [5.41, 5.74) is 11.7. The number of carbonyl (C=O) groups excluding carboxylic acids is 2. The number of nitrogens with zero attached hydrogens (tertiary/aromatic N) is 1. The van der Waals surface area contributed by atoms with E-state index in [2.05, 4.69) is 5.32 Å². The van der Waals surface area contributed by atoms with Gasteiger partial charge in [0, 0.05) is 19.1 Å². The van der Waals surface area contributed by atoms with E-state index in [1.54, 1.807) is 18.2 Å². The Labute approximate surface area is 128 Å². The van der Waals surface area contributed by atoms with E-state index in [1.807, 2.05) is 4.90 Å². The average Bonchev–Trinajstić information content (AvgIpc) is 2.43. The average molecular weight is 311 g/mol. The summed E-state index contributed by atoms with van der Waals surface area (Å²) in [5, 5.41) is 3.33. The van der Waals surface area contributed by atoms with Gasteiger partial charge in [0.2, 0.25) is 5.91 Å². The molecule has 1 heterocycles. The number of likely N-dealkylation sites (tertiary alicyclic amines) is 1. The predicted octanol–water partition coefficient (Wildman–Crippen LogP) is 0.602. The highest BCUT2D eigenvalue weighted by atomic mass is 35.5. The lowest BCUT2D eigenvalue weighted by molar-refractivity contribution is -0.119. The zero-order valence-corrected chi connectivity index (χ0v) is 12.4. The Hall–Kier alpha value is -1.79. The minimum Gasteiger partial charge on any atom is -0.397 e. The normalized spacial score (nSPS) is 16.6. The van der Waals surface area contributed by atoms with E-state index >= 15 is 0 Å². The Balaban J connectivity index is 1.90. The van der Waals surface area contributed by atoms with Crippen LogP contribution in [0.25, 0.3) is 0 Å². The summed E-state index contributed by atoms with van der Waals surface area (Å²) in [7, 11) is 0. The predicted molar refractivity (Wildman–Crippen MR) is 82.0 cm³/mol. The smallest absolute Gasteiger partial charge is 0.253 e. The molecule has 0 bridgehead atoms. The molecule has 2 amide bonds. The molecule has 1 aromatic carbocycles. The van der Waals surface area contributed by atoms with Crippen LogP contribution >= 0.6 is 11.6 Å². The van der Waals surface area contributed by atoms with Crippen LogP contribution < -0.4 is 16.8 Å². The van der Waals surface area contributed by atoms with Crippen molar-refractivity contribution in [3.8, 4) is 0 Å². The van der Waals surface area contributed by atoms with Crippen LogP contribution in [-0.4, -0.2) is 42.4 Å². The van der Waals surface area contributed by atoms with E-state index in [4.69, 9.17) is 23.1 Å². The van der Waals surface area contributed by atoms with Gasteiger partial charge in [-0.2, -0.15) is 0 Å². The Morgan fingerprint density at radius 1 is 1.33 bits per heavy atom. The highest BCUT2D eigenvalue weighted by Crippen LogP contribution is 2.22. The standard InChI is InChI=1S/C14H19ClN4O2/c15-11-3-1-2-10(13(11)17)14(21)18-9-4-6-19(7-5-9)8-12(16)20/h1-3,9H,4-8,17H2,(H2,16,20)(H,18,21). The number of nitrogens with two attached hydrogens (primary N) is 2. The van der Waals surface area contributed by atoms with Crippen molar-refractivity contribution in [2.75, 3.05) is 25.4 Å². The topological polar surface area (TPSA) is 101 Å². The number of hydrogen-bond donors (Lipinski definition) is 3. The highest BCUT2D eigenvalue weighted by Gasteiger charge is 2.22. The van der Waals surface area contributed by atoms with Crippen molar-refractivity contribution in [2.24, 2.45) is 5.73 Å². The van der Waals surface area contributed by atoms with Gasteiger partial charge in [0.1, 0.15) is 0 Å². The lowest BCUT2D eigenvalue weighted by atomic mass is 10.0. The van der Waals surface area contributed by atoms with E-state index in [-0.39, 0.29) is 24.4 Å². The summed E-state index contributed by atoms with van der Waals surface area (Å²) in [6.45, 7) is 1.74. The van der Waals surface area contributed by atoms with Crippen molar-refractivity contribution in [1.29, 1.82) is 0 Å². The molecule has 0 aliphatic carbocycles. The number of halogens is 1. The van der Waals surface area contributed by atoms with Gasteiger partial charge in [0.25, 0.3) is 5.91 Å². The first-order valence-corrected chi connectivity index (χ1v) is 7.20. The maximum Gasteiger partial charge on any atom is 0.253 e. The minimum absolute atomic E-state index is 0.0695. The van der Waals surface area contributed by atoms with Crippen molar-refractivity contribution in [3.63, 3.8) is 0 Å². The molecule has 21 heavy (non-hydrogen) atoms. The first kappa shape index (κ1) is 15.6. The Bertz CT molecular complexity index is 542. The molecule has 0 aromatic heterocycles.